The van der Waals surface area contributed by atoms with Gasteiger partial charge >= 0.3 is 0 Å². The summed E-state index contributed by atoms with van der Waals surface area (Å²) >= 11 is 1.83. The van der Waals surface area contributed by atoms with E-state index in [1.165, 1.54) is 0 Å². The van der Waals surface area contributed by atoms with Crippen LogP contribution in [0.15, 0.2) is 0 Å². The van der Waals surface area contributed by atoms with E-state index in [1.54, 1.807) is 0 Å². The summed E-state index contributed by atoms with van der Waals surface area (Å²) in [5, 5.41) is 0. The fourth-order valence-corrected chi connectivity index (χ4v) is 0.601. The predicted octanol–water partition coefficient (Wildman–Crippen LogP) is 1.99. The summed E-state index contributed by atoms with van der Waals surface area (Å²) in [4.78, 5) is 10.4. The molecule has 1 unspecified atom stereocenters. The Kier molecular flexibility index (Phi) is 3.60. The van der Waals surface area contributed by atoms with Crippen LogP contribution >= 0.6 is 22.6 Å². The zero-order valence-corrected chi connectivity index (χ0v) is 6.73. The Morgan fingerprint density at radius 2 is 2.29 bits per heavy atom. The topological polar surface area (TPSA) is 17.1 Å². The van der Waals surface area contributed by atoms with Crippen LogP contribution in [0.4, 0.5) is 0 Å². The van der Waals surface area contributed by atoms with E-state index in [4.69, 9.17) is 0 Å². The maximum Gasteiger partial charge on any atom is 0.195 e. The van der Waals surface area contributed by atoms with Crippen molar-refractivity contribution in [2.24, 2.45) is 5.92 Å². The molecule has 0 aromatic heterocycles. The van der Waals surface area contributed by atoms with Crippen molar-refractivity contribution < 1.29 is 4.79 Å². The first kappa shape index (κ1) is 7.40. The lowest BCUT2D eigenvalue weighted by molar-refractivity contribution is -0.112. The maximum atomic E-state index is 10.4. The molecule has 7 heavy (non-hydrogen) atoms. The number of rotatable bonds is 2. The molecule has 2 heteroatoms. The van der Waals surface area contributed by atoms with Crippen LogP contribution in [0.2, 0.25) is 0 Å². The molecular formula is C5H9IO. The summed E-state index contributed by atoms with van der Waals surface area (Å²) in [7, 11) is 0. The third-order valence-corrected chi connectivity index (χ3v) is 2.06. The van der Waals surface area contributed by atoms with Crippen molar-refractivity contribution in [3.8, 4) is 0 Å². The third kappa shape index (κ3) is 3.02. The van der Waals surface area contributed by atoms with Crippen LogP contribution in [0.3, 0.4) is 0 Å². The molecule has 0 N–H and O–H groups in total. The summed E-state index contributed by atoms with van der Waals surface area (Å²) in [6.07, 6.45) is 0.960. The standard InChI is InChI=1S/C5H9IO/c1-3-4(2)5(6)7/h4H,3H2,1-2H3. The number of hydrogen-bond donors (Lipinski definition) is 0. The highest BCUT2D eigenvalue weighted by Gasteiger charge is 2.03. The van der Waals surface area contributed by atoms with Crippen LogP contribution < -0.4 is 0 Å². The van der Waals surface area contributed by atoms with Crippen LogP contribution in [0.25, 0.3) is 0 Å². The molecule has 42 valence electrons. The van der Waals surface area contributed by atoms with Crippen LogP contribution in [0, 0.1) is 5.92 Å². The predicted molar refractivity (Wildman–Crippen MR) is 38.5 cm³/mol. The quantitative estimate of drug-likeness (QED) is 0.505. The van der Waals surface area contributed by atoms with Gasteiger partial charge in [-0.3, -0.25) is 4.79 Å². The summed E-state index contributed by atoms with van der Waals surface area (Å²) in [6, 6.07) is 0. The largest absolute Gasteiger partial charge is 0.288 e. The fourth-order valence-electron chi connectivity index (χ4n) is 0.160. The molecule has 0 saturated heterocycles. The molecule has 0 radical (unpaired) electrons. The van der Waals surface area contributed by atoms with Gasteiger partial charge in [0, 0.05) is 5.92 Å². The monoisotopic (exact) mass is 212 g/mol. The Bertz CT molecular complexity index is 70.5. The van der Waals surface area contributed by atoms with E-state index in [9.17, 15) is 4.79 Å². The number of carbonyl (C=O) groups excluding carboxylic acids is 1. The molecule has 0 bridgehead atoms. The van der Waals surface area contributed by atoms with Gasteiger partial charge in [0.2, 0.25) is 0 Å². The van der Waals surface area contributed by atoms with Crippen LogP contribution in [0.5, 0.6) is 0 Å². The zero-order chi connectivity index (χ0) is 5.86. The van der Waals surface area contributed by atoms with Gasteiger partial charge in [-0.2, -0.15) is 0 Å². The highest BCUT2D eigenvalue weighted by molar-refractivity contribution is 14.1. The first-order valence-electron chi connectivity index (χ1n) is 2.37. The summed E-state index contributed by atoms with van der Waals surface area (Å²) in [5.74, 6) is 0.251. The van der Waals surface area contributed by atoms with Crippen LogP contribution in [0.1, 0.15) is 20.3 Å². The van der Waals surface area contributed by atoms with Gasteiger partial charge in [0.05, 0.1) is 0 Å². The van der Waals surface area contributed by atoms with Crippen LogP contribution in [-0.2, 0) is 4.79 Å². The van der Waals surface area contributed by atoms with Crippen molar-refractivity contribution in [1.82, 2.24) is 0 Å². The van der Waals surface area contributed by atoms with Crippen molar-refractivity contribution in [3.05, 3.63) is 0 Å². The number of hydrogen-bond acceptors (Lipinski definition) is 1. The van der Waals surface area contributed by atoms with Crippen molar-refractivity contribution in [1.29, 1.82) is 0 Å². The Hall–Kier alpha value is 0.400. The minimum atomic E-state index is 0.251. The van der Waals surface area contributed by atoms with E-state index < -0.39 is 0 Å². The van der Waals surface area contributed by atoms with E-state index in [-0.39, 0.29) is 9.71 Å². The molecule has 1 atom stereocenters. The Morgan fingerprint density at radius 1 is 1.86 bits per heavy atom. The lowest BCUT2D eigenvalue weighted by atomic mass is 10.2. The molecular weight excluding hydrogens is 203 g/mol. The Labute approximate surface area is 57.6 Å². The lowest BCUT2D eigenvalue weighted by Crippen LogP contribution is -1.99. The zero-order valence-electron chi connectivity index (χ0n) is 4.57. The molecule has 0 aliphatic carbocycles. The third-order valence-electron chi connectivity index (χ3n) is 1.000. The SMILES string of the molecule is CCC(C)C(=O)I. The van der Waals surface area contributed by atoms with E-state index in [0.29, 0.717) is 0 Å². The second-order valence-corrected chi connectivity index (χ2v) is 2.68. The van der Waals surface area contributed by atoms with Crippen LogP contribution in [-0.4, -0.2) is 3.79 Å². The molecule has 0 spiro atoms. The number of halogens is 1. The van der Waals surface area contributed by atoms with Crippen molar-refractivity contribution in [3.63, 3.8) is 0 Å². The van der Waals surface area contributed by atoms with Gasteiger partial charge in [0.25, 0.3) is 0 Å². The normalized spacial score (nSPS) is 13.6. The molecule has 0 rings (SSSR count). The molecule has 0 aromatic carbocycles. The van der Waals surface area contributed by atoms with E-state index in [2.05, 4.69) is 0 Å². The first-order chi connectivity index (χ1) is 3.18. The van der Waals surface area contributed by atoms with Crippen molar-refractivity contribution in [2.75, 3.05) is 0 Å². The maximum absolute atomic E-state index is 10.4. The first-order valence-corrected chi connectivity index (χ1v) is 3.45. The molecule has 0 aliphatic rings. The van der Waals surface area contributed by atoms with E-state index in [1.807, 2.05) is 36.4 Å². The molecule has 0 saturated carbocycles. The van der Waals surface area contributed by atoms with Gasteiger partial charge in [-0.25, -0.2) is 0 Å². The van der Waals surface area contributed by atoms with Gasteiger partial charge < -0.3 is 0 Å². The molecule has 0 aliphatic heterocycles. The molecule has 0 heterocycles. The molecule has 1 nitrogen and oxygen atoms in total. The van der Waals surface area contributed by atoms with Gasteiger partial charge in [-0.15, -0.1) is 0 Å². The molecule has 0 fully saturated rings. The van der Waals surface area contributed by atoms with Gasteiger partial charge in [0.15, 0.2) is 3.79 Å². The van der Waals surface area contributed by atoms with Crippen molar-refractivity contribution >= 4 is 26.4 Å². The highest BCUT2D eigenvalue weighted by atomic mass is 127. The minimum Gasteiger partial charge on any atom is -0.288 e. The lowest BCUT2D eigenvalue weighted by Gasteiger charge is -1.96. The average molecular weight is 212 g/mol. The second-order valence-electron chi connectivity index (χ2n) is 1.61. The van der Waals surface area contributed by atoms with E-state index >= 15 is 0 Å². The van der Waals surface area contributed by atoms with Gasteiger partial charge in [0.1, 0.15) is 0 Å². The summed E-state index contributed by atoms with van der Waals surface area (Å²) < 4.78 is 0.264. The molecule has 0 aromatic rings. The minimum absolute atomic E-state index is 0.251. The summed E-state index contributed by atoms with van der Waals surface area (Å²) in [6.45, 7) is 3.95. The van der Waals surface area contributed by atoms with Gasteiger partial charge in [-0.1, -0.05) is 13.8 Å². The Morgan fingerprint density at radius 3 is 2.29 bits per heavy atom. The Balaban J connectivity index is 3.34. The smallest absolute Gasteiger partial charge is 0.195 e. The second kappa shape index (κ2) is 3.41. The van der Waals surface area contributed by atoms with E-state index in [0.717, 1.165) is 6.42 Å². The average Bonchev–Trinajstić information content (AvgIpc) is 1.65. The number of carbonyl (C=O) groups is 1. The fraction of sp³-hybridized carbons (Fsp3) is 0.800. The molecule has 0 amide bonds. The van der Waals surface area contributed by atoms with Gasteiger partial charge in [-0.05, 0) is 29.0 Å². The highest BCUT2D eigenvalue weighted by Crippen LogP contribution is 2.05. The van der Waals surface area contributed by atoms with Crippen molar-refractivity contribution in [2.45, 2.75) is 20.3 Å². The summed E-state index contributed by atoms with van der Waals surface area (Å²) in [5.41, 5.74) is 0.